The molecule has 0 aliphatic heterocycles. The number of anilines is 1. The molecule has 0 spiro atoms. The van der Waals surface area contributed by atoms with Crippen LogP contribution in [-0.4, -0.2) is 16.7 Å². The molecule has 0 bridgehead atoms. The Bertz CT molecular complexity index is 388. The third kappa shape index (κ3) is 2.46. The molecule has 3 nitrogen and oxygen atoms in total. The molecular weight excluding hydrogens is 222 g/mol. The maximum atomic E-state index is 5.91. The van der Waals surface area contributed by atoms with E-state index in [1.807, 2.05) is 13.8 Å². The second kappa shape index (κ2) is 4.58. The van der Waals surface area contributed by atoms with E-state index >= 15 is 0 Å². The quantitative estimate of drug-likeness (QED) is 0.877. The number of rotatable bonds is 4. The Hall–Kier alpha value is -0.830. The summed E-state index contributed by atoms with van der Waals surface area (Å²) in [5, 5.41) is 11.9. The summed E-state index contributed by atoms with van der Waals surface area (Å²) in [7, 11) is 0. The van der Waals surface area contributed by atoms with E-state index in [2.05, 4.69) is 22.4 Å². The highest BCUT2D eigenvalue weighted by Crippen LogP contribution is 2.36. The first-order chi connectivity index (χ1) is 7.59. The molecule has 1 aliphatic carbocycles. The molecule has 1 saturated carbocycles. The lowest BCUT2D eigenvalue weighted by Crippen LogP contribution is -2.15. The largest absolute Gasteiger partial charge is 0.368 e. The van der Waals surface area contributed by atoms with Gasteiger partial charge in [0.2, 0.25) is 0 Å². The Labute approximate surface area is 102 Å². The van der Waals surface area contributed by atoms with E-state index in [0.717, 1.165) is 35.3 Å². The molecule has 1 atom stereocenters. The third-order valence-electron chi connectivity index (χ3n) is 3.48. The number of nitrogens with zero attached hydrogens (tertiary/aromatic N) is 2. The van der Waals surface area contributed by atoms with Gasteiger partial charge in [-0.1, -0.05) is 18.5 Å². The second-order valence-electron chi connectivity index (χ2n) is 4.79. The van der Waals surface area contributed by atoms with Crippen molar-refractivity contribution >= 4 is 17.4 Å². The summed E-state index contributed by atoms with van der Waals surface area (Å²) in [5.41, 5.74) is 2.11. The van der Waals surface area contributed by atoms with E-state index in [1.54, 1.807) is 0 Å². The number of halogens is 1. The molecule has 88 valence electrons. The van der Waals surface area contributed by atoms with Crippen LogP contribution in [0.25, 0.3) is 0 Å². The van der Waals surface area contributed by atoms with Gasteiger partial charge in [-0.2, -0.15) is 0 Å². The fourth-order valence-corrected chi connectivity index (χ4v) is 2.01. The van der Waals surface area contributed by atoms with Crippen molar-refractivity contribution in [3.63, 3.8) is 0 Å². The lowest BCUT2D eigenvalue weighted by molar-refractivity contribution is 0.535. The summed E-state index contributed by atoms with van der Waals surface area (Å²) < 4.78 is 0. The molecule has 0 amide bonds. The Morgan fingerprint density at radius 1 is 1.31 bits per heavy atom. The van der Waals surface area contributed by atoms with Crippen LogP contribution >= 0.6 is 11.6 Å². The molecule has 4 heteroatoms. The lowest BCUT2D eigenvalue weighted by Gasteiger charge is -2.14. The van der Waals surface area contributed by atoms with Gasteiger partial charge in [0.15, 0.2) is 11.0 Å². The molecule has 0 saturated heterocycles. The number of hydrogen-bond acceptors (Lipinski definition) is 3. The van der Waals surface area contributed by atoms with Crippen LogP contribution in [-0.2, 0) is 0 Å². The summed E-state index contributed by atoms with van der Waals surface area (Å²) in [6.07, 6.45) is 2.76. The first-order valence-corrected chi connectivity index (χ1v) is 6.20. The third-order valence-corrected chi connectivity index (χ3v) is 3.84. The van der Waals surface area contributed by atoms with Gasteiger partial charge in [0.1, 0.15) is 0 Å². The first-order valence-electron chi connectivity index (χ1n) is 5.83. The molecule has 16 heavy (non-hydrogen) atoms. The molecule has 1 fully saturated rings. The highest BCUT2D eigenvalue weighted by molar-refractivity contribution is 6.30. The van der Waals surface area contributed by atoms with E-state index in [-0.39, 0.29) is 0 Å². The van der Waals surface area contributed by atoms with Crippen LogP contribution in [0.15, 0.2) is 0 Å². The Kier molecular flexibility index (Phi) is 3.33. The Morgan fingerprint density at radius 3 is 2.62 bits per heavy atom. The Balaban J connectivity index is 2.01. The van der Waals surface area contributed by atoms with Gasteiger partial charge in [0.25, 0.3) is 0 Å². The number of nitrogens with one attached hydrogen (secondary N) is 1. The van der Waals surface area contributed by atoms with E-state index in [0.29, 0.717) is 5.15 Å². The first kappa shape index (κ1) is 11.6. The monoisotopic (exact) mass is 239 g/mol. The highest BCUT2D eigenvalue weighted by atomic mass is 35.5. The van der Waals surface area contributed by atoms with Crippen LogP contribution in [0.5, 0.6) is 0 Å². The summed E-state index contributed by atoms with van der Waals surface area (Å²) in [4.78, 5) is 0. The maximum Gasteiger partial charge on any atom is 0.155 e. The standard InChI is InChI=1S/C12H18ClN3/c1-7(10-4-5-10)6-14-12-9(3)8(2)11(13)15-16-12/h7,10H,4-6H2,1-3H3,(H,14,16). The van der Waals surface area contributed by atoms with Crippen molar-refractivity contribution in [2.45, 2.75) is 33.6 Å². The molecule has 1 heterocycles. The van der Waals surface area contributed by atoms with Crippen molar-refractivity contribution in [2.75, 3.05) is 11.9 Å². The predicted octanol–water partition coefficient (Wildman–Crippen LogP) is 3.20. The van der Waals surface area contributed by atoms with Gasteiger partial charge in [-0.25, -0.2) is 0 Å². The van der Waals surface area contributed by atoms with Crippen molar-refractivity contribution in [1.82, 2.24) is 10.2 Å². The number of aromatic nitrogens is 2. The SMILES string of the molecule is Cc1c(Cl)nnc(NCC(C)C2CC2)c1C. The van der Waals surface area contributed by atoms with Crippen LogP contribution in [0.1, 0.15) is 30.9 Å². The molecule has 1 aromatic heterocycles. The van der Waals surface area contributed by atoms with Crippen LogP contribution in [0.2, 0.25) is 5.15 Å². The summed E-state index contributed by atoms with van der Waals surface area (Å²) in [5.74, 6) is 2.50. The fraction of sp³-hybridized carbons (Fsp3) is 0.667. The molecule has 1 N–H and O–H groups in total. The molecular formula is C12H18ClN3. The molecule has 2 rings (SSSR count). The molecule has 1 aromatic rings. The molecule has 1 unspecified atom stereocenters. The zero-order valence-corrected chi connectivity index (χ0v) is 10.8. The highest BCUT2D eigenvalue weighted by Gasteiger charge is 2.27. The average Bonchev–Trinajstić information content (AvgIpc) is 3.08. The van der Waals surface area contributed by atoms with Crippen LogP contribution < -0.4 is 5.32 Å². The summed E-state index contributed by atoms with van der Waals surface area (Å²) >= 11 is 5.91. The van der Waals surface area contributed by atoms with Crippen LogP contribution in [0, 0.1) is 25.7 Å². The van der Waals surface area contributed by atoms with E-state index in [9.17, 15) is 0 Å². The maximum absolute atomic E-state index is 5.91. The summed E-state index contributed by atoms with van der Waals surface area (Å²) in [6.45, 7) is 7.26. The second-order valence-corrected chi connectivity index (χ2v) is 5.14. The average molecular weight is 240 g/mol. The van der Waals surface area contributed by atoms with Gasteiger partial charge in [0.05, 0.1) is 0 Å². The van der Waals surface area contributed by atoms with Crippen molar-refractivity contribution in [3.8, 4) is 0 Å². The lowest BCUT2D eigenvalue weighted by atomic mass is 10.1. The van der Waals surface area contributed by atoms with Gasteiger partial charge in [0, 0.05) is 6.54 Å². The normalized spacial score (nSPS) is 17.2. The van der Waals surface area contributed by atoms with Crippen LogP contribution in [0.3, 0.4) is 0 Å². The van der Waals surface area contributed by atoms with Gasteiger partial charge >= 0.3 is 0 Å². The zero-order chi connectivity index (χ0) is 11.7. The van der Waals surface area contributed by atoms with Gasteiger partial charge in [-0.05, 0) is 49.7 Å². The van der Waals surface area contributed by atoms with E-state index in [1.165, 1.54) is 12.8 Å². The molecule has 0 radical (unpaired) electrons. The topological polar surface area (TPSA) is 37.8 Å². The predicted molar refractivity (Wildman–Crippen MR) is 66.9 cm³/mol. The van der Waals surface area contributed by atoms with Crippen molar-refractivity contribution in [2.24, 2.45) is 11.8 Å². The van der Waals surface area contributed by atoms with Crippen molar-refractivity contribution in [3.05, 3.63) is 16.3 Å². The van der Waals surface area contributed by atoms with E-state index in [4.69, 9.17) is 11.6 Å². The van der Waals surface area contributed by atoms with Gasteiger partial charge < -0.3 is 5.32 Å². The molecule has 0 aromatic carbocycles. The fourth-order valence-electron chi connectivity index (χ4n) is 1.83. The van der Waals surface area contributed by atoms with Gasteiger partial charge in [-0.3, -0.25) is 0 Å². The minimum absolute atomic E-state index is 0.498. The minimum Gasteiger partial charge on any atom is -0.368 e. The summed E-state index contributed by atoms with van der Waals surface area (Å²) in [6, 6.07) is 0. The van der Waals surface area contributed by atoms with Crippen molar-refractivity contribution in [1.29, 1.82) is 0 Å². The Morgan fingerprint density at radius 2 is 2.00 bits per heavy atom. The molecule has 1 aliphatic rings. The zero-order valence-electron chi connectivity index (χ0n) is 10.0. The minimum atomic E-state index is 0.498. The van der Waals surface area contributed by atoms with Crippen LogP contribution in [0.4, 0.5) is 5.82 Å². The smallest absolute Gasteiger partial charge is 0.155 e. The van der Waals surface area contributed by atoms with Crippen molar-refractivity contribution < 1.29 is 0 Å². The van der Waals surface area contributed by atoms with Gasteiger partial charge in [-0.15, -0.1) is 10.2 Å². The number of hydrogen-bond donors (Lipinski definition) is 1. The van der Waals surface area contributed by atoms with E-state index < -0.39 is 0 Å².